The van der Waals surface area contributed by atoms with E-state index in [1.165, 1.54) is 0 Å². The largest absolute Gasteiger partial charge is 0.493 e. The number of nitrogens with two attached hydrogens (primary N) is 1. The van der Waals surface area contributed by atoms with Crippen molar-refractivity contribution in [1.82, 2.24) is 5.32 Å². The number of amides is 1. The zero-order valence-electron chi connectivity index (χ0n) is 13.7. The van der Waals surface area contributed by atoms with E-state index in [1.54, 1.807) is 12.1 Å². The molecule has 0 radical (unpaired) electrons. The molecule has 3 N–H and O–H groups in total. The van der Waals surface area contributed by atoms with Crippen molar-refractivity contribution in [3.63, 3.8) is 0 Å². The second-order valence-electron chi connectivity index (χ2n) is 6.05. The second kappa shape index (κ2) is 8.22. The average Bonchev–Trinajstić information content (AvgIpc) is 2.54. The summed E-state index contributed by atoms with van der Waals surface area (Å²) in [5.41, 5.74) is 8.31. The molecule has 1 amide bonds. The number of anilines is 1. The summed E-state index contributed by atoms with van der Waals surface area (Å²) in [7, 11) is 0. The molecule has 4 nitrogen and oxygen atoms in total. The van der Waals surface area contributed by atoms with Crippen molar-refractivity contribution in [2.75, 3.05) is 12.3 Å². The number of nitrogen functional groups attached to an aromatic ring is 1. The number of carbonyl (C=O) groups excluding carboxylic acids is 1. The average molecular weight is 312 g/mol. The van der Waals surface area contributed by atoms with Crippen LogP contribution in [0, 0.1) is 5.92 Å². The molecule has 0 aromatic heterocycles. The monoisotopic (exact) mass is 312 g/mol. The summed E-state index contributed by atoms with van der Waals surface area (Å²) in [6.07, 6.45) is 0.351. The molecule has 2 aromatic carbocycles. The van der Waals surface area contributed by atoms with Crippen molar-refractivity contribution in [2.45, 2.75) is 26.8 Å². The van der Waals surface area contributed by atoms with Gasteiger partial charge in [-0.05, 0) is 41.3 Å². The number of carbonyl (C=O) groups is 1. The Morgan fingerprint density at radius 2 is 1.87 bits per heavy atom. The van der Waals surface area contributed by atoms with Crippen LogP contribution in [-0.2, 0) is 17.8 Å². The van der Waals surface area contributed by atoms with E-state index in [0.717, 1.165) is 16.9 Å². The predicted molar refractivity (Wildman–Crippen MR) is 93.2 cm³/mol. The van der Waals surface area contributed by atoms with Gasteiger partial charge in [0.25, 0.3) is 0 Å². The SMILES string of the molecule is CC(C)COc1cccc(CNC(=O)Cc2ccc(N)cc2)c1. The van der Waals surface area contributed by atoms with E-state index in [9.17, 15) is 4.79 Å². The van der Waals surface area contributed by atoms with E-state index in [0.29, 0.717) is 31.2 Å². The third-order valence-corrected chi connectivity index (χ3v) is 3.32. The fourth-order valence-corrected chi connectivity index (χ4v) is 2.09. The van der Waals surface area contributed by atoms with Crippen molar-refractivity contribution in [3.8, 4) is 5.75 Å². The fraction of sp³-hybridized carbons (Fsp3) is 0.316. The summed E-state index contributed by atoms with van der Waals surface area (Å²) in [5.74, 6) is 1.31. The molecule has 0 aliphatic carbocycles. The van der Waals surface area contributed by atoms with Crippen LogP contribution in [0.4, 0.5) is 5.69 Å². The minimum absolute atomic E-state index is 0.0109. The van der Waals surface area contributed by atoms with Crippen molar-refractivity contribution in [1.29, 1.82) is 0 Å². The Balaban J connectivity index is 1.84. The highest BCUT2D eigenvalue weighted by Gasteiger charge is 2.04. The molecule has 0 fully saturated rings. The number of rotatable bonds is 7. The highest BCUT2D eigenvalue weighted by molar-refractivity contribution is 5.78. The lowest BCUT2D eigenvalue weighted by molar-refractivity contribution is -0.120. The molecule has 0 bridgehead atoms. The van der Waals surface area contributed by atoms with Gasteiger partial charge in [-0.2, -0.15) is 0 Å². The minimum Gasteiger partial charge on any atom is -0.493 e. The summed E-state index contributed by atoms with van der Waals surface area (Å²) in [6, 6.07) is 15.2. The molecular formula is C19H24N2O2. The number of ether oxygens (including phenoxy) is 1. The van der Waals surface area contributed by atoms with Gasteiger partial charge >= 0.3 is 0 Å². The first-order valence-electron chi connectivity index (χ1n) is 7.86. The van der Waals surface area contributed by atoms with Crippen LogP contribution in [0.5, 0.6) is 5.75 Å². The van der Waals surface area contributed by atoms with Gasteiger partial charge in [-0.1, -0.05) is 38.1 Å². The van der Waals surface area contributed by atoms with Crippen molar-refractivity contribution >= 4 is 11.6 Å². The molecule has 0 aliphatic heterocycles. The van der Waals surface area contributed by atoms with Gasteiger partial charge in [-0.25, -0.2) is 0 Å². The Bertz CT molecular complexity index is 636. The van der Waals surface area contributed by atoms with E-state index in [1.807, 2.05) is 36.4 Å². The summed E-state index contributed by atoms with van der Waals surface area (Å²) < 4.78 is 5.70. The van der Waals surface area contributed by atoms with E-state index in [2.05, 4.69) is 19.2 Å². The minimum atomic E-state index is -0.0109. The van der Waals surface area contributed by atoms with Gasteiger partial charge in [0.05, 0.1) is 13.0 Å². The predicted octanol–water partition coefficient (Wildman–Crippen LogP) is 3.16. The molecule has 0 spiro atoms. The normalized spacial score (nSPS) is 10.6. The molecular weight excluding hydrogens is 288 g/mol. The lowest BCUT2D eigenvalue weighted by atomic mass is 10.1. The van der Waals surface area contributed by atoms with E-state index < -0.39 is 0 Å². The topological polar surface area (TPSA) is 64.3 Å². The highest BCUT2D eigenvalue weighted by atomic mass is 16.5. The number of nitrogens with one attached hydrogen (secondary N) is 1. The molecule has 0 saturated heterocycles. The van der Waals surface area contributed by atoms with Crippen LogP contribution >= 0.6 is 0 Å². The van der Waals surface area contributed by atoms with Gasteiger partial charge in [-0.15, -0.1) is 0 Å². The first-order chi connectivity index (χ1) is 11.0. The van der Waals surface area contributed by atoms with E-state index in [4.69, 9.17) is 10.5 Å². The maximum absolute atomic E-state index is 12.0. The Hall–Kier alpha value is -2.49. The molecule has 122 valence electrons. The van der Waals surface area contributed by atoms with Crippen molar-refractivity contribution in [2.24, 2.45) is 5.92 Å². The Kier molecular flexibility index (Phi) is 6.03. The first kappa shape index (κ1) is 16.9. The molecule has 2 rings (SSSR count). The summed E-state index contributed by atoms with van der Waals surface area (Å²) >= 11 is 0. The summed E-state index contributed by atoms with van der Waals surface area (Å²) in [4.78, 5) is 12.0. The van der Waals surface area contributed by atoms with Gasteiger partial charge in [0.1, 0.15) is 5.75 Å². The number of hydrogen-bond donors (Lipinski definition) is 2. The number of hydrogen-bond acceptors (Lipinski definition) is 3. The summed E-state index contributed by atoms with van der Waals surface area (Å²) in [5, 5.41) is 2.93. The second-order valence-corrected chi connectivity index (χ2v) is 6.05. The third kappa shape index (κ3) is 6.02. The molecule has 0 aliphatic rings. The van der Waals surface area contributed by atoms with Gasteiger partial charge < -0.3 is 15.8 Å². The smallest absolute Gasteiger partial charge is 0.224 e. The lowest BCUT2D eigenvalue weighted by Crippen LogP contribution is -2.24. The first-order valence-corrected chi connectivity index (χ1v) is 7.86. The maximum Gasteiger partial charge on any atom is 0.224 e. The van der Waals surface area contributed by atoms with Crippen LogP contribution in [0.2, 0.25) is 0 Å². The Morgan fingerprint density at radius 3 is 2.57 bits per heavy atom. The zero-order chi connectivity index (χ0) is 16.7. The third-order valence-electron chi connectivity index (χ3n) is 3.32. The molecule has 23 heavy (non-hydrogen) atoms. The van der Waals surface area contributed by atoms with Gasteiger partial charge in [0, 0.05) is 12.2 Å². The highest BCUT2D eigenvalue weighted by Crippen LogP contribution is 2.14. The van der Waals surface area contributed by atoms with Crippen molar-refractivity contribution < 1.29 is 9.53 Å². The Morgan fingerprint density at radius 1 is 1.13 bits per heavy atom. The molecule has 0 atom stereocenters. The maximum atomic E-state index is 12.0. The van der Waals surface area contributed by atoms with Crippen molar-refractivity contribution in [3.05, 3.63) is 59.7 Å². The van der Waals surface area contributed by atoms with Crippen LogP contribution in [0.3, 0.4) is 0 Å². The van der Waals surface area contributed by atoms with Crippen LogP contribution in [-0.4, -0.2) is 12.5 Å². The molecule has 0 saturated carbocycles. The van der Waals surface area contributed by atoms with Gasteiger partial charge in [0.15, 0.2) is 0 Å². The quantitative estimate of drug-likeness (QED) is 0.772. The lowest BCUT2D eigenvalue weighted by Gasteiger charge is -2.10. The molecule has 0 heterocycles. The number of benzene rings is 2. The van der Waals surface area contributed by atoms with E-state index >= 15 is 0 Å². The molecule has 4 heteroatoms. The van der Waals surface area contributed by atoms with Gasteiger partial charge in [0.2, 0.25) is 5.91 Å². The van der Waals surface area contributed by atoms with E-state index in [-0.39, 0.29) is 5.91 Å². The fourth-order valence-electron chi connectivity index (χ4n) is 2.09. The standard InChI is InChI=1S/C19H24N2O2/c1-14(2)13-23-18-5-3-4-16(10-18)12-21-19(22)11-15-6-8-17(20)9-7-15/h3-10,14H,11-13,20H2,1-2H3,(H,21,22). The van der Waals surface area contributed by atoms with Crippen LogP contribution < -0.4 is 15.8 Å². The van der Waals surface area contributed by atoms with Crippen LogP contribution in [0.1, 0.15) is 25.0 Å². The molecule has 0 unspecified atom stereocenters. The Labute approximate surface area is 137 Å². The zero-order valence-corrected chi connectivity index (χ0v) is 13.7. The van der Waals surface area contributed by atoms with Gasteiger partial charge in [-0.3, -0.25) is 4.79 Å². The van der Waals surface area contributed by atoms with Crippen LogP contribution in [0.15, 0.2) is 48.5 Å². The summed E-state index contributed by atoms with van der Waals surface area (Å²) in [6.45, 7) is 5.40. The van der Waals surface area contributed by atoms with Crippen LogP contribution in [0.25, 0.3) is 0 Å². The molecule has 2 aromatic rings.